The molecule has 1 aromatic heterocycles. The van der Waals surface area contributed by atoms with E-state index in [1.165, 1.54) is 16.8 Å². The number of nitriles is 1. The number of nitrogens with zero attached hydrogens (tertiary/aromatic N) is 4. The van der Waals surface area contributed by atoms with E-state index in [4.69, 9.17) is 10.4 Å². The Morgan fingerprint density at radius 3 is 2.40 bits per heavy atom. The van der Waals surface area contributed by atoms with Gasteiger partial charge in [0.05, 0.1) is 23.9 Å². The summed E-state index contributed by atoms with van der Waals surface area (Å²) < 4.78 is 38.7. The molecule has 0 amide bonds. The average Bonchev–Trinajstić information content (AvgIpc) is 2.81. The normalized spacial score (nSPS) is 11.3. The van der Waals surface area contributed by atoms with Gasteiger partial charge in [-0.2, -0.15) is 18.4 Å². The summed E-state index contributed by atoms with van der Waals surface area (Å²) in [5, 5.41) is 25.2. The minimum Gasteiger partial charge on any atom is -0.390 e. The van der Waals surface area contributed by atoms with Gasteiger partial charge in [-0.25, -0.2) is 4.68 Å². The van der Waals surface area contributed by atoms with Gasteiger partial charge in [0.2, 0.25) is 0 Å². The Bertz CT molecular complexity index is 640. The zero-order valence-corrected chi connectivity index (χ0v) is 10.1. The highest BCUT2D eigenvalue weighted by atomic mass is 19.4. The molecule has 0 aliphatic carbocycles. The second kappa shape index (κ2) is 5.30. The van der Waals surface area contributed by atoms with Crippen molar-refractivity contribution in [3.8, 4) is 17.3 Å². The van der Waals surface area contributed by atoms with Crippen molar-refractivity contribution in [3.63, 3.8) is 0 Å². The number of aliphatic hydroxyl groups excluding tert-OH is 1. The van der Waals surface area contributed by atoms with Crippen LogP contribution in [0.5, 0.6) is 0 Å². The summed E-state index contributed by atoms with van der Waals surface area (Å²) in [7, 11) is 0. The third-order valence-electron chi connectivity index (χ3n) is 2.66. The maximum Gasteiger partial charge on any atom is 0.416 e. The number of hydrogen-bond acceptors (Lipinski definition) is 4. The van der Waals surface area contributed by atoms with E-state index in [1.54, 1.807) is 0 Å². The van der Waals surface area contributed by atoms with Crippen molar-refractivity contribution in [1.82, 2.24) is 15.0 Å². The fourth-order valence-electron chi connectivity index (χ4n) is 1.77. The van der Waals surface area contributed by atoms with Crippen LogP contribution in [0, 0.1) is 11.3 Å². The Morgan fingerprint density at radius 2 is 1.90 bits per heavy atom. The summed E-state index contributed by atoms with van der Waals surface area (Å²) in [6.07, 6.45) is -4.41. The molecule has 104 valence electrons. The molecule has 0 spiro atoms. The van der Waals surface area contributed by atoms with Crippen molar-refractivity contribution in [2.24, 2.45) is 0 Å². The van der Waals surface area contributed by atoms with E-state index in [2.05, 4.69) is 10.3 Å². The van der Waals surface area contributed by atoms with Gasteiger partial charge < -0.3 is 5.11 Å². The van der Waals surface area contributed by atoms with Gasteiger partial charge in [0.25, 0.3) is 0 Å². The fraction of sp³-hybridized carbons (Fsp3) is 0.250. The highest BCUT2D eigenvalue weighted by Gasteiger charge is 2.30. The van der Waals surface area contributed by atoms with Crippen molar-refractivity contribution >= 4 is 0 Å². The van der Waals surface area contributed by atoms with Crippen LogP contribution in [-0.2, 0) is 19.3 Å². The van der Waals surface area contributed by atoms with Crippen LogP contribution >= 0.6 is 0 Å². The molecule has 2 rings (SSSR count). The van der Waals surface area contributed by atoms with Crippen LogP contribution in [0.25, 0.3) is 11.3 Å². The summed E-state index contributed by atoms with van der Waals surface area (Å²) in [5.41, 5.74) is 0.177. The molecule has 1 N–H and O–H groups in total. The smallest absolute Gasteiger partial charge is 0.390 e. The molecule has 0 aliphatic rings. The third-order valence-corrected chi connectivity index (χ3v) is 2.66. The van der Waals surface area contributed by atoms with Crippen LogP contribution < -0.4 is 0 Å². The molecule has 0 saturated carbocycles. The first-order chi connectivity index (χ1) is 9.47. The lowest BCUT2D eigenvalue weighted by atomic mass is 10.1. The SMILES string of the molecule is N#CCn1nnc(CO)c1-c1ccc(C(F)(F)F)cc1. The van der Waals surface area contributed by atoms with Crippen LogP contribution in [0.1, 0.15) is 11.3 Å². The zero-order chi connectivity index (χ0) is 14.8. The maximum atomic E-state index is 12.5. The Hall–Kier alpha value is -2.40. The van der Waals surface area contributed by atoms with E-state index in [0.717, 1.165) is 12.1 Å². The van der Waals surface area contributed by atoms with Crippen molar-refractivity contribution in [3.05, 3.63) is 35.5 Å². The summed E-state index contributed by atoms with van der Waals surface area (Å²) in [6.45, 7) is -0.523. The van der Waals surface area contributed by atoms with E-state index in [-0.39, 0.29) is 12.2 Å². The van der Waals surface area contributed by atoms with Gasteiger partial charge in [-0.05, 0) is 12.1 Å². The van der Waals surface area contributed by atoms with Crippen molar-refractivity contribution < 1.29 is 18.3 Å². The van der Waals surface area contributed by atoms with Crippen molar-refractivity contribution in [2.75, 3.05) is 0 Å². The molecule has 1 heterocycles. The molecule has 5 nitrogen and oxygen atoms in total. The molecule has 0 saturated heterocycles. The van der Waals surface area contributed by atoms with E-state index in [1.807, 2.05) is 6.07 Å². The standard InChI is InChI=1S/C12H9F3N4O/c13-12(14,15)9-3-1-8(2-4-9)11-10(7-20)17-18-19(11)6-5-16/h1-4,20H,6-7H2. The zero-order valence-electron chi connectivity index (χ0n) is 10.1. The molecule has 2 aromatic rings. The number of aromatic nitrogens is 3. The molecule has 0 atom stereocenters. The number of rotatable bonds is 3. The second-order valence-corrected chi connectivity index (χ2v) is 3.93. The van der Waals surface area contributed by atoms with Gasteiger partial charge in [-0.3, -0.25) is 0 Å². The number of benzene rings is 1. The van der Waals surface area contributed by atoms with E-state index >= 15 is 0 Å². The largest absolute Gasteiger partial charge is 0.416 e. The van der Waals surface area contributed by atoms with Gasteiger partial charge in [0.1, 0.15) is 12.2 Å². The first kappa shape index (κ1) is 14.0. The Kier molecular flexibility index (Phi) is 3.72. The summed E-state index contributed by atoms with van der Waals surface area (Å²) in [6, 6.07) is 6.24. The maximum absolute atomic E-state index is 12.5. The van der Waals surface area contributed by atoms with Gasteiger partial charge in [-0.15, -0.1) is 5.10 Å². The lowest BCUT2D eigenvalue weighted by Crippen LogP contribution is -2.05. The molecular weight excluding hydrogens is 273 g/mol. The lowest BCUT2D eigenvalue weighted by molar-refractivity contribution is -0.137. The first-order valence-corrected chi connectivity index (χ1v) is 5.55. The van der Waals surface area contributed by atoms with E-state index in [0.29, 0.717) is 11.3 Å². The average molecular weight is 282 g/mol. The Morgan fingerprint density at radius 1 is 1.25 bits per heavy atom. The predicted molar refractivity (Wildman–Crippen MR) is 62.0 cm³/mol. The van der Waals surface area contributed by atoms with E-state index < -0.39 is 18.3 Å². The summed E-state index contributed by atoms with van der Waals surface area (Å²) in [5.74, 6) is 0. The minimum atomic E-state index is -4.41. The van der Waals surface area contributed by atoms with Gasteiger partial charge in [-0.1, -0.05) is 17.3 Å². The number of alkyl halides is 3. The highest BCUT2D eigenvalue weighted by Crippen LogP contribution is 2.31. The van der Waals surface area contributed by atoms with Crippen LogP contribution in [0.4, 0.5) is 13.2 Å². The van der Waals surface area contributed by atoms with E-state index in [9.17, 15) is 13.2 Å². The molecule has 0 bridgehead atoms. The fourth-order valence-corrected chi connectivity index (χ4v) is 1.77. The summed E-state index contributed by atoms with van der Waals surface area (Å²) in [4.78, 5) is 0. The second-order valence-electron chi connectivity index (χ2n) is 3.93. The van der Waals surface area contributed by atoms with Crippen LogP contribution in [0.15, 0.2) is 24.3 Å². The lowest BCUT2D eigenvalue weighted by Gasteiger charge is -2.08. The molecule has 0 radical (unpaired) electrons. The Balaban J connectivity index is 2.46. The first-order valence-electron chi connectivity index (χ1n) is 5.55. The van der Waals surface area contributed by atoms with Gasteiger partial charge in [0, 0.05) is 5.56 Å². The number of hydrogen-bond donors (Lipinski definition) is 1. The quantitative estimate of drug-likeness (QED) is 0.934. The number of halogens is 3. The minimum absolute atomic E-state index is 0.108. The van der Waals surface area contributed by atoms with Crippen LogP contribution in [0.3, 0.4) is 0 Å². The molecule has 1 aromatic carbocycles. The molecule has 0 fully saturated rings. The van der Waals surface area contributed by atoms with Gasteiger partial charge >= 0.3 is 6.18 Å². The third kappa shape index (κ3) is 2.62. The molecule has 8 heteroatoms. The number of aliphatic hydroxyl groups is 1. The van der Waals surface area contributed by atoms with Gasteiger partial charge in [0.15, 0.2) is 0 Å². The molecule has 20 heavy (non-hydrogen) atoms. The van der Waals surface area contributed by atoms with Crippen LogP contribution in [0.2, 0.25) is 0 Å². The monoisotopic (exact) mass is 282 g/mol. The van der Waals surface area contributed by atoms with Crippen molar-refractivity contribution in [2.45, 2.75) is 19.3 Å². The Labute approximate surface area is 111 Å². The van der Waals surface area contributed by atoms with Crippen LogP contribution in [-0.4, -0.2) is 20.1 Å². The topological polar surface area (TPSA) is 74.7 Å². The molecule has 0 unspecified atom stereocenters. The molecule has 0 aliphatic heterocycles. The molecular formula is C12H9F3N4O. The highest BCUT2D eigenvalue weighted by molar-refractivity contribution is 5.62. The van der Waals surface area contributed by atoms with Crippen molar-refractivity contribution in [1.29, 1.82) is 5.26 Å². The summed E-state index contributed by atoms with van der Waals surface area (Å²) >= 11 is 0. The predicted octanol–water partition coefficient (Wildman–Crippen LogP) is 1.98.